The number of furan rings is 1. The van der Waals surface area contributed by atoms with Crippen molar-refractivity contribution >= 4 is 29.9 Å². The zero-order valence-electron chi connectivity index (χ0n) is 17.8. The molecule has 162 valence electrons. The van der Waals surface area contributed by atoms with E-state index in [1.165, 1.54) is 0 Å². The number of rotatable bonds is 7. The zero-order valence-corrected chi connectivity index (χ0v) is 20.2. The van der Waals surface area contributed by atoms with Crippen LogP contribution < -0.4 is 10.6 Å². The summed E-state index contributed by atoms with van der Waals surface area (Å²) in [5.74, 6) is 2.89. The molecule has 7 nitrogen and oxygen atoms in total. The summed E-state index contributed by atoms with van der Waals surface area (Å²) >= 11 is 0. The number of aliphatic hydroxyl groups is 1. The van der Waals surface area contributed by atoms with Crippen LogP contribution in [0.4, 0.5) is 0 Å². The minimum absolute atomic E-state index is 0. The molecule has 0 amide bonds. The normalized spacial score (nSPS) is 13.4. The summed E-state index contributed by atoms with van der Waals surface area (Å²) in [6, 6.07) is 11.9. The minimum atomic E-state index is -1.08. The van der Waals surface area contributed by atoms with E-state index in [0.717, 1.165) is 34.2 Å². The Labute approximate surface area is 194 Å². The van der Waals surface area contributed by atoms with Gasteiger partial charge in [0.05, 0.1) is 18.4 Å². The number of halogens is 1. The lowest BCUT2D eigenvalue weighted by Crippen LogP contribution is -2.44. The first-order chi connectivity index (χ1) is 13.9. The Morgan fingerprint density at radius 2 is 1.97 bits per heavy atom. The summed E-state index contributed by atoms with van der Waals surface area (Å²) in [7, 11) is 0. The van der Waals surface area contributed by atoms with Gasteiger partial charge in [0.1, 0.15) is 29.5 Å². The molecule has 0 aliphatic heterocycles. The smallest absolute Gasteiger partial charge is 0.191 e. The Bertz CT molecular complexity index is 963. The van der Waals surface area contributed by atoms with E-state index in [9.17, 15) is 5.11 Å². The standard InChI is InChI=1S/C22H29N5O2.HI/c1-5-23-21(26-14-22(4,28)18-11-15(2)29-16(18)3)25-13-20-24-12-19(27-20)17-9-7-6-8-10-17;/h6-12,28H,5,13-14H2,1-4H3,(H,24,27)(H2,23,25,26);1H. The molecule has 3 rings (SSSR count). The first-order valence-electron chi connectivity index (χ1n) is 9.80. The number of aromatic amines is 1. The Hall–Kier alpha value is -2.33. The van der Waals surface area contributed by atoms with Gasteiger partial charge >= 0.3 is 0 Å². The number of H-pyrrole nitrogens is 1. The molecule has 1 aromatic carbocycles. The number of aliphatic imine (C=N–C) groups is 1. The average Bonchev–Trinajstić information content (AvgIpc) is 3.31. The van der Waals surface area contributed by atoms with E-state index in [1.807, 2.05) is 63.4 Å². The van der Waals surface area contributed by atoms with Crippen LogP contribution in [0.25, 0.3) is 11.3 Å². The van der Waals surface area contributed by atoms with Gasteiger partial charge in [0.2, 0.25) is 0 Å². The van der Waals surface area contributed by atoms with E-state index in [4.69, 9.17) is 4.42 Å². The monoisotopic (exact) mass is 523 g/mol. The highest BCUT2D eigenvalue weighted by atomic mass is 127. The molecule has 0 bridgehead atoms. The van der Waals surface area contributed by atoms with Gasteiger partial charge in [0.15, 0.2) is 5.96 Å². The van der Waals surface area contributed by atoms with E-state index in [-0.39, 0.29) is 24.0 Å². The maximum Gasteiger partial charge on any atom is 0.191 e. The fourth-order valence-electron chi connectivity index (χ4n) is 3.22. The lowest BCUT2D eigenvalue weighted by molar-refractivity contribution is 0.0601. The third-order valence-electron chi connectivity index (χ3n) is 4.67. The van der Waals surface area contributed by atoms with Gasteiger partial charge in [0.25, 0.3) is 0 Å². The largest absolute Gasteiger partial charge is 0.466 e. The number of aromatic nitrogens is 2. The predicted octanol–water partition coefficient (Wildman–Crippen LogP) is 3.87. The average molecular weight is 523 g/mol. The zero-order chi connectivity index (χ0) is 20.9. The summed E-state index contributed by atoms with van der Waals surface area (Å²) in [4.78, 5) is 12.3. The van der Waals surface area contributed by atoms with Crippen LogP contribution in [-0.4, -0.2) is 34.1 Å². The van der Waals surface area contributed by atoms with Crippen LogP contribution in [0.5, 0.6) is 0 Å². The second-order valence-electron chi connectivity index (χ2n) is 7.26. The first kappa shape index (κ1) is 23.9. The number of imidazole rings is 1. The molecule has 1 atom stereocenters. The lowest BCUT2D eigenvalue weighted by atomic mass is 9.96. The summed E-state index contributed by atoms with van der Waals surface area (Å²) in [5, 5.41) is 17.3. The Balaban J connectivity index is 0.00000320. The van der Waals surface area contributed by atoms with Crippen LogP contribution in [0.2, 0.25) is 0 Å². The molecule has 0 aliphatic carbocycles. The maximum atomic E-state index is 10.9. The van der Waals surface area contributed by atoms with Gasteiger partial charge in [-0.05, 0) is 39.3 Å². The fourth-order valence-corrected chi connectivity index (χ4v) is 3.22. The molecule has 0 spiro atoms. The van der Waals surface area contributed by atoms with Crippen LogP contribution in [0.1, 0.15) is 36.8 Å². The number of nitrogens with zero attached hydrogens (tertiary/aromatic N) is 2. The van der Waals surface area contributed by atoms with Crippen LogP contribution in [0.3, 0.4) is 0 Å². The Kier molecular flexibility index (Phi) is 8.48. The summed E-state index contributed by atoms with van der Waals surface area (Å²) in [6.07, 6.45) is 1.81. The quantitative estimate of drug-likeness (QED) is 0.214. The highest BCUT2D eigenvalue weighted by molar-refractivity contribution is 14.0. The summed E-state index contributed by atoms with van der Waals surface area (Å²) < 4.78 is 5.55. The van der Waals surface area contributed by atoms with Crippen LogP contribution in [-0.2, 0) is 12.1 Å². The summed E-state index contributed by atoms with van der Waals surface area (Å²) in [6.45, 7) is 8.90. The molecule has 4 N–H and O–H groups in total. The number of nitrogens with one attached hydrogen (secondary N) is 3. The van der Waals surface area contributed by atoms with Crippen molar-refractivity contribution in [2.24, 2.45) is 4.99 Å². The molecule has 0 saturated carbocycles. The van der Waals surface area contributed by atoms with E-state index in [0.29, 0.717) is 25.6 Å². The Morgan fingerprint density at radius 3 is 2.60 bits per heavy atom. The van der Waals surface area contributed by atoms with Crippen molar-refractivity contribution in [1.29, 1.82) is 0 Å². The molecule has 1 unspecified atom stereocenters. The molecule has 0 radical (unpaired) electrons. The number of hydrogen-bond donors (Lipinski definition) is 4. The molecule has 8 heteroatoms. The minimum Gasteiger partial charge on any atom is -0.466 e. The number of hydrogen-bond acceptors (Lipinski definition) is 4. The maximum absolute atomic E-state index is 10.9. The molecule has 2 heterocycles. The topological polar surface area (TPSA) is 98.5 Å². The molecular weight excluding hydrogens is 493 g/mol. The SMILES string of the molecule is CCNC(=NCc1ncc(-c2ccccc2)[nH]1)NCC(C)(O)c1cc(C)oc1C.I. The van der Waals surface area contributed by atoms with Gasteiger partial charge in [-0.25, -0.2) is 9.98 Å². The Morgan fingerprint density at radius 1 is 1.23 bits per heavy atom. The first-order valence-corrected chi connectivity index (χ1v) is 9.80. The number of guanidine groups is 1. The predicted molar refractivity (Wildman–Crippen MR) is 130 cm³/mol. The number of aryl methyl sites for hydroxylation is 2. The molecule has 0 saturated heterocycles. The van der Waals surface area contributed by atoms with Gasteiger partial charge in [-0.15, -0.1) is 24.0 Å². The third-order valence-corrected chi connectivity index (χ3v) is 4.67. The van der Waals surface area contributed by atoms with Crippen molar-refractivity contribution in [2.45, 2.75) is 39.8 Å². The van der Waals surface area contributed by atoms with Crippen LogP contribution >= 0.6 is 24.0 Å². The van der Waals surface area contributed by atoms with Gasteiger partial charge in [-0.1, -0.05) is 30.3 Å². The molecule has 0 aliphatic rings. The van der Waals surface area contributed by atoms with Crippen LogP contribution in [0, 0.1) is 13.8 Å². The molecule has 0 fully saturated rings. The molecule has 3 aromatic rings. The van der Waals surface area contributed by atoms with Gasteiger partial charge in [0, 0.05) is 12.1 Å². The van der Waals surface area contributed by atoms with E-state index in [1.54, 1.807) is 6.92 Å². The van der Waals surface area contributed by atoms with Crippen molar-refractivity contribution in [3.8, 4) is 11.3 Å². The van der Waals surface area contributed by atoms with E-state index < -0.39 is 5.60 Å². The third kappa shape index (κ3) is 6.09. The van der Waals surface area contributed by atoms with Gasteiger partial charge < -0.3 is 25.1 Å². The van der Waals surface area contributed by atoms with E-state index >= 15 is 0 Å². The summed E-state index contributed by atoms with van der Waals surface area (Å²) in [5.41, 5.74) is 1.74. The van der Waals surface area contributed by atoms with Crippen molar-refractivity contribution in [3.63, 3.8) is 0 Å². The van der Waals surface area contributed by atoms with Crippen LogP contribution in [0.15, 0.2) is 52.0 Å². The van der Waals surface area contributed by atoms with Crippen molar-refractivity contribution < 1.29 is 9.52 Å². The second kappa shape index (κ2) is 10.6. The van der Waals surface area contributed by atoms with Crippen molar-refractivity contribution in [2.75, 3.05) is 13.1 Å². The molecule has 2 aromatic heterocycles. The molecular formula is C22H30IN5O2. The highest BCUT2D eigenvalue weighted by Crippen LogP contribution is 2.26. The highest BCUT2D eigenvalue weighted by Gasteiger charge is 2.27. The van der Waals surface area contributed by atoms with Gasteiger partial charge in [-0.2, -0.15) is 0 Å². The second-order valence-corrected chi connectivity index (χ2v) is 7.26. The van der Waals surface area contributed by atoms with Gasteiger partial charge in [-0.3, -0.25) is 0 Å². The number of benzene rings is 1. The van der Waals surface area contributed by atoms with Crippen molar-refractivity contribution in [3.05, 3.63) is 65.5 Å². The molecule has 30 heavy (non-hydrogen) atoms. The lowest BCUT2D eigenvalue weighted by Gasteiger charge is -2.24. The fraction of sp³-hybridized carbons (Fsp3) is 0.364. The van der Waals surface area contributed by atoms with Crippen molar-refractivity contribution in [1.82, 2.24) is 20.6 Å². The van der Waals surface area contributed by atoms with E-state index in [2.05, 4.69) is 25.6 Å².